The molecule has 0 spiro atoms. The van der Waals surface area contributed by atoms with Gasteiger partial charge in [0, 0.05) is 11.1 Å². The van der Waals surface area contributed by atoms with Crippen LogP contribution in [0.4, 0.5) is 5.82 Å². The number of pyridine rings is 1. The first kappa shape index (κ1) is 29.1. The van der Waals surface area contributed by atoms with E-state index in [2.05, 4.69) is 24.1 Å². The normalized spacial score (nSPS) is 14.3. The number of aromatic amines is 1. The molecule has 0 unspecified atom stereocenters. The number of aromatic nitrogens is 1. The molecule has 1 heterocycles. The lowest BCUT2D eigenvalue weighted by Gasteiger charge is -2.21. The highest BCUT2D eigenvalue weighted by atomic mass is 16.5. The maximum Gasteiger partial charge on any atom is 0.323 e. The van der Waals surface area contributed by atoms with E-state index in [1.165, 1.54) is 0 Å². The SMILES string of the molecule is COc1ccc(C(=O)c2cc(-c3ccc(CCN[C@@H](CC(C)C)C(=O)OC4CCCC4)cc3)c(=O)[nH]c2N)cc1. The molecule has 3 aromatic rings. The number of nitrogens with one attached hydrogen (secondary N) is 2. The summed E-state index contributed by atoms with van der Waals surface area (Å²) in [5.41, 5.74) is 8.43. The minimum absolute atomic E-state index is 0.0275. The Kier molecular flexibility index (Phi) is 9.77. The van der Waals surface area contributed by atoms with Crippen LogP contribution in [0.25, 0.3) is 11.1 Å². The van der Waals surface area contributed by atoms with Crippen LogP contribution in [0, 0.1) is 5.92 Å². The van der Waals surface area contributed by atoms with Gasteiger partial charge in [0.2, 0.25) is 0 Å². The van der Waals surface area contributed by atoms with Crippen LogP contribution in [0.1, 0.15) is 67.4 Å². The van der Waals surface area contributed by atoms with Crippen molar-refractivity contribution < 1.29 is 19.1 Å². The molecule has 4 rings (SSSR count). The van der Waals surface area contributed by atoms with Gasteiger partial charge in [-0.2, -0.15) is 0 Å². The van der Waals surface area contributed by atoms with Crippen molar-refractivity contribution in [3.8, 4) is 16.9 Å². The first-order valence-electron chi connectivity index (χ1n) is 14.0. The summed E-state index contributed by atoms with van der Waals surface area (Å²) in [4.78, 5) is 41.2. The van der Waals surface area contributed by atoms with Gasteiger partial charge in [-0.25, -0.2) is 0 Å². The number of nitrogens with two attached hydrogens (primary N) is 1. The molecule has 0 amide bonds. The molecule has 212 valence electrons. The van der Waals surface area contributed by atoms with Gasteiger partial charge in [-0.15, -0.1) is 0 Å². The molecule has 0 radical (unpaired) electrons. The standard InChI is InChI=1S/C32H39N3O5/c1-20(2)18-28(32(38)40-25-6-4-5-7-25)34-17-16-21-8-10-22(11-9-21)26-19-27(30(33)35-31(26)37)29(36)23-12-14-24(39-3)15-13-23/h8-15,19-20,25,28,34H,4-7,16-18H2,1-3H3,(H3,33,35,37)/t28-/m0/s1. The number of methoxy groups -OCH3 is 1. The molecule has 1 saturated carbocycles. The number of carbonyl (C=O) groups is 2. The fraction of sp³-hybridized carbons (Fsp3) is 0.406. The van der Waals surface area contributed by atoms with Crippen LogP contribution >= 0.6 is 0 Å². The molecule has 1 aliphatic rings. The second-order valence-electron chi connectivity index (χ2n) is 10.8. The van der Waals surface area contributed by atoms with Gasteiger partial charge < -0.3 is 25.5 Å². The first-order chi connectivity index (χ1) is 19.2. The third-order valence-electron chi connectivity index (χ3n) is 7.31. The topological polar surface area (TPSA) is 124 Å². The highest BCUT2D eigenvalue weighted by Gasteiger charge is 2.26. The maximum absolute atomic E-state index is 13.1. The summed E-state index contributed by atoms with van der Waals surface area (Å²) < 4.78 is 10.9. The summed E-state index contributed by atoms with van der Waals surface area (Å²) in [7, 11) is 1.56. The third kappa shape index (κ3) is 7.39. The lowest BCUT2D eigenvalue weighted by molar-refractivity contribution is -0.151. The van der Waals surface area contributed by atoms with E-state index in [0.29, 0.717) is 41.3 Å². The van der Waals surface area contributed by atoms with E-state index in [1.54, 1.807) is 37.4 Å². The Hall–Kier alpha value is -3.91. The molecule has 8 nitrogen and oxygen atoms in total. The molecule has 1 atom stereocenters. The number of benzene rings is 2. The van der Waals surface area contributed by atoms with Crippen LogP contribution < -0.4 is 21.3 Å². The van der Waals surface area contributed by atoms with Crippen molar-refractivity contribution in [2.24, 2.45) is 5.92 Å². The summed E-state index contributed by atoms with van der Waals surface area (Å²) >= 11 is 0. The van der Waals surface area contributed by atoms with Gasteiger partial charge in [0.1, 0.15) is 23.7 Å². The fourth-order valence-electron chi connectivity index (χ4n) is 5.07. The average molecular weight is 546 g/mol. The molecular formula is C32H39N3O5. The number of esters is 1. The highest BCUT2D eigenvalue weighted by molar-refractivity contribution is 6.12. The fourth-order valence-corrected chi connectivity index (χ4v) is 5.07. The number of H-pyrrole nitrogens is 1. The summed E-state index contributed by atoms with van der Waals surface area (Å²) in [6.45, 7) is 4.83. The zero-order valence-electron chi connectivity index (χ0n) is 23.5. The number of ketones is 1. The number of anilines is 1. The summed E-state index contributed by atoms with van der Waals surface area (Å²) in [6.07, 6.45) is 5.66. The van der Waals surface area contributed by atoms with Crippen LogP contribution in [0.15, 0.2) is 59.4 Å². The van der Waals surface area contributed by atoms with Crippen LogP contribution in [0.2, 0.25) is 0 Å². The highest BCUT2D eigenvalue weighted by Crippen LogP contribution is 2.24. The van der Waals surface area contributed by atoms with Crippen LogP contribution in [-0.4, -0.2) is 42.5 Å². The van der Waals surface area contributed by atoms with E-state index in [-0.39, 0.29) is 40.8 Å². The number of ether oxygens (including phenoxy) is 2. The molecule has 1 aromatic heterocycles. The van der Waals surface area contributed by atoms with E-state index in [9.17, 15) is 14.4 Å². The Morgan fingerprint density at radius 2 is 1.73 bits per heavy atom. The second kappa shape index (κ2) is 13.4. The number of hydrogen-bond acceptors (Lipinski definition) is 7. The van der Waals surface area contributed by atoms with Crippen LogP contribution in [-0.2, 0) is 16.0 Å². The van der Waals surface area contributed by atoms with Crippen LogP contribution in [0.3, 0.4) is 0 Å². The van der Waals surface area contributed by atoms with Crippen molar-refractivity contribution in [1.29, 1.82) is 0 Å². The average Bonchev–Trinajstić information content (AvgIpc) is 3.45. The minimum atomic E-state index is -0.365. The van der Waals surface area contributed by atoms with Gasteiger partial charge in [0.15, 0.2) is 5.78 Å². The number of rotatable bonds is 12. The molecule has 2 aromatic carbocycles. The van der Waals surface area contributed by atoms with Crippen molar-refractivity contribution in [3.05, 3.63) is 81.6 Å². The monoisotopic (exact) mass is 545 g/mol. The molecule has 8 heteroatoms. The Bertz CT molecular complexity index is 1360. The molecule has 1 fully saturated rings. The quantitative estimate of drug-likeness (QED) is 0.219. The van der Waals surface area contributed by atoms with E-state index < -0.39 is 0 Å². The summed E-state index contributed by atoms with van der Waals surface area (Å²) in [5, 5.41) is 3.39. The Balaban J connectivity index is 1.42. The predicted molar refractivity (Wildman–Crippen MR) is 157 cm³/mol. The summed E-state index contributed by atoms with van der Waals surface area (Å²) in [6, 6.07) is 15.6. The van der Waals surface area contributed by atoms with Gasteiger partial charge >= 0.3 is 5.97 Å². The van der Waals surface area contributed by atoms with Crippen molar-refractivity contribution in [1.82, 2.24) is 10.3 Å². The van der Waals surface area contributed by atoms with E-state index >= 15 is 0 Å². The second-order valence-corrected chi connectivity index (χ2v) is 10.8. The zero-order valence-corrected chi connectivity index (χ0v) is 23.5. The van der Waals surface area contributed by atoms with Crippen LogP contribution in [0.5, 0.6) is 5.75 Å². The number of carbonyl (C=O) groups excluding carboxylic acids is 2. The Morgan fingerprint density at radius 3 is 2.35 bits per heavy atom. The molecular weight excluding hydrogens is 506 g/mol. The predicted octanol–water partition coefficient (Wildman–Crippen LogP) is 4.90. The summed E-state index contributed by atoms with van der Waals surface area (Å²) in [5.74, 6) is 0.592. The number of nitrogen functional groups attached to an aromatic ring is 1. The lowest BCUT2D eigenvalue weighted by Crippen LogP contribution is -2.41. The smallest absolute Gasteiger partial charge is 0.323 e. The van der Waals surface area contributed by atoms with E-state index in [1.807, 2.05) is 24.3 Å². The third-order valence-corrected chi connectivity index (χ3v) is 7.31. The molecule has 0 bridgehead atoms. The van der Waals surface area contributed by atoms with Crippen molar-refractivity contribution in [2.75, 3.05) is 19.4 Å². The van der Waals surface area contributed by atoms with Crippen molar-refractivity contribution in [3.63, 3.8) is 0 Å². The Morgan fingerprint density at radius 1 is 1.05 bits per heavy atom. The van der Waals surface area contributed by atoms with Gasteiger partial charge in [-0.05, 0) is 92.4 Å². The van der Waals surface area contributed by atoms with Gasteiger partial charge in [0.25, 0.3) is 5.56 Å². The molecule has 0 aliphatic heterocycles. The molecule has 1 aliphatic carbocycles. The number of hydrogen-bond donors (Lipinski definition) is 3. The van der Waals surface area contributed by atoms with Gasteiger partial charge in [0.05, 0.1) is 12.7 Å². The Labute approximate surface area is 235 Å². The minimum Gasteiger partial charge on any atom is -0.497 e. The molecule has 0 saturated heterocycles. The van der Waals surface area contributed by atoms with Crippen molar-refractivity contribution >= 4 is 17.6 Å². The molecule has 4 N–H and O–H groups in total. The van der Waals surface area contributed by atoms with Gasteiger partial charge in [-0.3, -0.25) is 14.4 Å². The van der Waals surface area contributed by atoms with Crippen molar-refractivity contribution in [2.45, 2.75) is 64.5 Å². The maximum atomic E-state index is 13.1. The molecule has 40 heavy (non-hydrogen) atoms. The first-order valence-corrected chi connectivity index (χ1v) is 14.0. The lowest BCUT2D eigenvalue weighted by atomic mass is 9.98. The van der Waals surface area contributed by atoms with E-state index in [0.717, 1.165) is 37.7 Å². The largest absolute Gasteiger partial charge is 0.497 e. The van der Waals surface area contributed by atoms with Gasteiger partial charge in [-0.1, -0.05) is 38.1 Å². The van der Waals surface area contributed by atoms with E-state index in [4.69, 9.17) is 15.2 Å². The zero-order chi connectivity index (χ0) is 28.6.